The summed E-state index contributed by atoms with van der Waals surface area (Å²) in [6.45, 7) is 9.62. The van der Waals surface area contributed by atoms with Gasteiger partial charge in [0.1, 0.15) is 11.5 Å². The minimum Gasteiger partial charge on any atom is -0.496 e. The summed E-state index contributed by atoms with van der Waals surface area (Å²) in [5, 5.41) is 0. The molecule has 0 heterocycles. The van der Waals surface area contributed by atoms with Crippen LogP contribution in [0, 0.1) is 0 Å². The fraction of sp³-hybridized carbons (Fsp3) is 0.500. The van der Waals surface area contributed by atoms with E-state index in [9.17, 15) is 9.59 Å². The van der Waals surface area contributed by atoms with Crippen molar-refractivity contribution in [3.63, 3.8) is 0 Å². The van der Waals surface area contributed by atoms with Crippen LogP contribution >= 0.6 is 0 Å². The fourth-order valence-corrected chi connectivity index (χ4v) is 7.88. The SMILES string of the molecule is CCCCCCCC(c1ccc(C(=O)Oc2ccc(/C=C/C(=O)OC)c(OC)c2)cc1)[Si](OCC)(OCC)OCC. The average molecular weight is 587 g/mol. The first kappa shape index (κ1) is 34.2. The molecule has 0 saturated heterocycles. The third-order valence-electron chi connectivity index (χ3n) is 6.62. The third-order valence-corrected chi connectivity index (χ3v) is 10.2. The van der Waals surface area contributed by atoms with Gasteiger partial charge >= 0.3 is 20.7 Å². The van der Waals surface area contributed by atoms with Gasteiger partial charge in [-0.25, -0.2) is 9.59 Å². The number of hydrogen-bond donors (Lipinski definition) is 0. The summed E-state index contributed by atoms with van der Waals surface area (Å²) < 4.78 is 34.5. The van der Waals surface area contributed by atoms with Crippen LogP contribution in [0.3, 0.4) is 0 Å². The van der Waals surface area contributed by atoms with Crippen LogP contribution in [0.25, 0.3) is 6.08 Å². The predicted octanol–water partition coefficient (Wildman–Crippen LogP) is 7.13. The molecule has 0 bridgehead atoms. The van der Waals surface area contributed by atoms with E-state index in [1.54, 1.807) is 36.4 Å². The molecule has 2 rings (SSSR count). The lowest BCUT2D eigenvalue weighted by Crippen LogP contribution is -2.52. The van der Waals surface area contributed by atoms with Crippen molar-refractivity contribution in [3.05, 3.63) is 65.2 Å². The van der Waals surface area contributed by atoms with Gasteiger partial charge in [0.25, 0.3) is 0 Å². The molecule has 0 spiro atoms. The molecule has 8 nitrogen and oxygen atoms in total. The zero-order valence-electron chi connectivity index (χ0n) is 25.4. The van der Waals surface area contributed by atoms with Gasteiger partial charge in [-0.2, -0.15) is 0 Å². The topological polar surface area (TPSA) is 89.5 Å². The lowest BCUT2D eigenvalue weighted by Gasteiger charge is -2.35. The molecule has 0 aliphatic rings. The van der Waals surface area contributed by atoms with E-state index in [2.05, 4.69) is 11.7 Å². The number of benzene rings is 2. The second kappa shape index (κ2) is 18.4. The zero-order valence-corrected chi connectivity index (χ0v) is 26.4. The monoisotopic (exact) mass is 586 g/mol. The zero-order chi connectivity index (χ0) is 30.1. The highest BCUT2D eigenvalue weighted by Gasteiger charge is 2.49. The molecule has 41 heavy (non-hydrogen) atoms. The van der Waals surface area contributed by atoms with E-state index >= 15 is 0 Å². The highest BCUT2D eigenvalue weighted by molar-refractivity contribution is 6.62. The first-order valence-electron chi connectivity index (χ1n) is 14.6. The summed E-state index contributed by atoms with van der Waals surface area (Å²) in [6.07, 6.45) is 9.57. The molecule has 0 aromatic heterocycles. The molecule has 2 aromatic rings. The average Bonchev–Trinajstić information content (AvgIpc) is 2.98. The Bertz CT molecular complexity index is 1080. The van der Waals surface area contributed by atoms with E-state index < -0.39 is 20.7 Å². The van der Waals surface area contributed by atoms with Gasteiger partial charge in [-0.05, 0) is 63.1 Å². The van der Waals surface area contributed by atoms with Crippen LogP contribution in [-0.2, 0) is 22.8 Å². The number of rotatable bonds is 19. The molecular formula is C32H46O8Si. The molecule has 0 N–H and O–H groups in total. The Morgan fingerprint density at radius 2 is 1.46 bits per heavy atom. The first-order chi connectivity index (χ1) is 19.9. The highest BCUT2D eigenvalue weighted by atomic mass is 28.4. The summed E-state index contributed by atoms with van der Waals surface area (Å²) in [6, 6.07) is 12.4. The van der Waals surface area contributed by atoms with E-state index in [1.807, 2.05) is 32.9 Å². The molecule has 0 aliphatic heterocycles. The number of methoxy groups -OCH3 is 2. The van der Waals surface area contributed by atoms with E-state index in [4.69, 9.17) is 22.8 Å². The van der Waals surface area contributed by atoms with E-state index in [0.29, 0.717) is 42.4 Å². The van der Waals surface area contributed by atoms with Gasteiger partial charge in [0, 0.05) is 37.5 Å². The summed E-state index contributed by atoms with van der Waals surface area (Å²) in [5.74, 6) is -0.188. The smallest absolute Gasteiger partial charge is 0.496 e. The Labute approximate surface area is 246 Å². The van der Waals surface area contributed by atoms with Crippen LogP contribution in [0.1, 0.15) is 93.2 Å². The number of carbonyl (C=O) groups is 2. The van der Waals surface area contributed by atoms with Gasteiger partial charge in [0.05, 0.1) is 25.3 Å². The first-order valence-corrected chi connectivity index (χ1v) is 16.4. The molecule has 226 valence electrons. The third kappa shape index (κ3) is 10.4. The Hall–Kier alpha value is -2.98. The molecule has 0 fully saturated rings. The van der Waals surface area contributed by atoms with Crippen molar-refractivity contribution in [1.82, 2.24) is 0 Å². The second-order valence-electron chi connectivity index (χ2n) is 9.43. The van der Waals surface area contributed by atoms with Crippen molar-refractivity contribution in [2.75, 3.05) is 34.0 Å². The van der Waals surface area contributed by atoms with Gasteiger partial charge in [0.15, 0.2) is 0 Å². The molecule has 0 amide bonds. The minimum atomic E-state index is -3.04. The molecule has 2 aromatic carbocycles. The largest absolute Gasteiger partial charge is 0.508 e. The summed E-state index contributed by atoms with van der Waals surface area (Å²) in [7, 11) is -0.223. The molecule has 0 radical (unpaired) electrons. The van der Waals surface area contributed by atoms with Crippen LogP contribution in [0.2, 0.25) is 0 Å². The molecule has 9 heteroatoms. The van der Waals surface area contributed by atoms with Gasteiger partial charge < -0.3 is 27.5 Å². The summed E-state index contributed by atoms with van der Waals surface area (Å²) in [4.78, 5) is 24.4. The quantitative estimate of drug-likeness (QED) is 0.0565. The highest BCUT2D eigenvalue weighted by Crippen LogP contribution is 2.35. The Morgan fingerprint density at radius 3 is 2.02 bits per heavy atom. The standard InChI is InChI=1S/C32H46O8Si/c1-7-11-12-13-14-15-30(41(37-8-2,38-9-3)39-10-4)26-16-18-27(19-17-26)32(34)40-28-22-20-25(29(24-28)35-5)21-23-31(33)36-6/h16-24,30H,7-15H2,1-6H3/b23-21+. The van der Waals surface area contributed by atoms with Crippen LogP contribution < -0.4 is 9.47 Å². The maximum Gasteiger partial charge on any atom is 0.508 e. The van der Waals surface area contributed by atoms with Gasteiger partial charge in [-0.1, -0.05) is 51.2 Å². The molecule has 1 atom stereocenters. The normalized spacial score (nSPS) is 12.3. The minimum absolute atomic E-state index is 0.0381. The number of ether oxygens (including phenoxy) is 3. The van der Waals surface area contributed by atoms with Crippen molar-refractivity contribution in [1.29, 1.82) is 0 Å². The van der Waals surface area contributed by atoms with Crippen molar-refractivity contribution in [2.24, 2.45) is 0 Å². The molecular weight excluding hydrogens is 540 g/mol. The Kier molecular flexibility index (Phi) is 15.4. The maximum absolute atomic E-state index is 13.0. The predicted molar refractivity (Wildman–Crippen MR) is 162 cm³/mol. The second-order valence-corrected chi connectivity index (χ2v) is 12.2. The molecule has 0 aliphatic carbocycles. The Balaban J connectivity index is 2.27. The summed E-state index contributed by atoms with van der Waals surface area (Å²) >= 11 is 0. The van der Waals surface area contributed by atoms with Gasteiger partial charge in [-0.15, -0.1) is 0 Å². The van der Waals surface area contributed by atoms with Gasteiger partial charge in [0.2, 0.25) is 0 Å². The van der Waals surface area contributed by atoms with Crippen molar-refractivity contribution in [2.45, 2.75) is 71.8 Å². The van der Waals surface area contributed by atoms with Crippen molar-refractivity contribution in [3.8, 4) is 11.5 Å². The van der Waals surface area contributed by atoms with E-state index in [0.717, 1.165) is 24.8 Å². The van der Waals surface area contributed by atoms with Gasteiger partial charge in [-0.3, -0.25) is 0 Å². The summed E-state index contributed by atoms with van der Waals surface area (Å²) in [5.41, 5.74) is 2.06. The van der Waals surface area contributed by atoms with E-state index in [-0.39, 0.29) is 5.54 Å². The molecule has 0 saturated carbocycles. The lowest BCUT2D eigenvalue weighted by atomic mass is 10.0. The van der Waals surface area contributed by atoms with Crippen molar-refractivity contribution >= 4 is 26.8 Å². The van der Waals surface area contributed by atoms with Crippen LogP contribution in [-0.4, -0.2) is 54.8 Å². The molecule has 1 unspecified atom stereocenters. The lowest BCUT2D eigenvalue weighted by molar-refractivity contribution is -0.134. The Morgan fingerprint density at radius 1 is 0.829 bits per heavy atom. The van der Waals surface area contributed by atoms with Crippen molar-refractivity contribution < 1.29 is 37.1 Å². The van der Waals surface area contributed by atoms with Crippen LogP contribution in [0.5, 0.6) is 11.5 Å². The number of esters is 2. The maximum atomic E-state index is 13.0. The number of hydrogen-bond acceptors (Lipinski definition) is 8. The number of unbranched alkanes of at least 4 members (excludes halogenated alkanes) is 4. The number of carbonyl (C=O) groups excluding carboxylic acids is 2. The fourth-order valence-electron chi connectivity index (χ4n) is 4.67. The van der Waals surface area contributed by atoms with Crippen LogP contribution in [0.4, 0.5) is 0 Å². The van der Waals surface area contributed by atoms with E-state index in [1.165, 1.54) is 39.6 Å². The van der Waals surface area contributed by atoms with Crippen LogP contribution in [0.15, 0.2) is 48.5 Å².